The number of amides is 2. The average Bonchev–Trinajstić information content (AvgIpc) is 3.05. The highest BCUT2D eigenvalue weighted by molar-refractivity contribution is 5.98. The van der Waals surface area contributed by atoms with Crippen molar-refractivity contribution in [2.75, 3.05) is 45.9 Å². The van der Waals surface area contributed by atoms with Gasteiger partial charge in [-0.05, 0) is 64.4 Å². The van der Waals surface area contributed by atoms with E-state index in [0.29, 0.717) is 57.4 Å². The molecule has 0 aromatic rings. The topological polar surface area (TPSA) is 106 Å². The molecule has 2 aliphatic heterocycles. The van der Waals surface area contributed by atoms with Crippen molar-refractivity contribution in [1.82, 2.24) is 20.0 Å². The molecule has 2 saturated heterocycles. The molecule has 4 rings (SSSR count). The number of ether oxygens (including phenoxy) is 1. The zero-order valence-electron chi connectivity index (χ0n) is 28.6. The van der Waals surface area contributed by atoms with Gasteiger partial charge < -0.3 is 24.8 Å². The summed E-state index contributed by atoms with van der Waals surface area (Å²) in [6.45, 7) is 15.8. The van der Waals surface area contributed by atoms with E-state index in [0.717, 1.165) is 32.4 Å². The lowest BCUT2D eigenvalue weighted by Gasteiger charge is -2.41. The van der Waals surface area contributed by atoms with E-state index in [9.17, 15) is 14.4 Å². The zero-order chi connectivity index (χ0) is 33.6. The van der Waals surface area contributed by atoms with Crippen molar-refractivity contribution in [3.8, 4) is 0 Å². The van der Waals surface area contributed by atoms with Gasteiger partial charge in [0.05, 0.1) is 17.6 Å². The Morgan fingerprint density at radius 3 is 2.28 bits per heavy atom. The summed E-state index contributed by atoms with van der Waals surface area (Å²) >= 11 is 0. The fraction of sp³-hybridized carbons (Fsp3) is 0.667. The van der Waals surface area contributed by atoms with Crippen LogP contribution in [0.2, 0.25) is 0 Å². The van der Waals surface area contributed by atoms with Crippen LogP contribution in [0.4, 0.5) is 4.39 Å². The molecule has 46 heavy (non-hydrogen) atoms. The summed E-state index contributed by atoms with van der Waals surface area (Å²) in [5.74, 6) is -1.29. The minimum atomic E-state index is -0.909. The highest BCUT2D eigenvalue weighted by atomic mass is 19.1. The summed E-state index contributed by atoms with van der Waals surface area (Å²) in [7, 11) is 0. The molecule has 4 aliphatic rings. The summed E-state index contributed by atoms with van der Waals surface area (Å²) in [6.07, 6.45) is 13.4. The predicted octanol–water partition coefficient (Wildman–Crippen LogP) is 5.22. The second-order valence-corrected chi connectivity index (χ2v) is 13.9. The Morgan fingerprint density at radius 1 is 1.02 bits per heavy atom. The van der Waals surface area contributed by atoms with Gasteiger partial charge in [-0.2, -0.15) is 0 Å². The molecule has 0 aromatic heterocycles. The first-order valence-electron chi connectivity index (χ1n) is 17.2. The number of carbonyl (C=O) groups excluding carboxylic acids is 3. The van der Waals surface area contributed by atoms with E-state index in [4.69, 9.17) is 10.1 Å². The number of nitrogens with one attached hydrogen (secondary N) is 2. The van der Waals surface area contributed by atoms with Crippen LogP contribution in [0.3, 0.4) is 0 Å². The van der Waals surface area contributed by atoms with Crippen LogP contribution in [-0.2, 0) is 19.1 Å². The van der Waals surface area contributed by atoms with Gasteiger partial charge in [-0.1, -0.05) is 45.1 Å². The monoisotopic (exact) mass is 639 g/mol. The first-order valence-corrected chi connectivity index (χ1v) is 17.2. The molecule has 2 amide bonds. The van der Waals surface area contributed by atoms with Crippen LogP contribution in [0.25, 0.3) is 0 Å². The number of piperidine rings is 1. The molecule has 0 radical (unpaired) electrons. The molecule has 9 nitrogen and oxygen atoms in total. The lowest BCUT2D eigenvalue weighted by molar-refractivity contribution is -0.146. The van der Waals surface area contributed by atoms with E-state index < -0.39 is 35.0 Å². The first-order chi connectivity index (χ1) is 21.9. The molecule has 0 aromatic carbocycles. The molecule has 0 spiro atoms. The SMILES string of the molecule is CCOC(=O)CC1CCN(C(=O)C(C)(C)C(CC)NC(=O)C2=C(F)C(C)C(C(=N)N3CCN(C4=CCC(C)C=C4)CC3)C=C2)CC1. The Labute approximate surface area is 274 Å². The van der Waals surface area contributed by atoms with Gasteiger partial charge in [0.15, 0.2) is 0 Å². The van der Waals surface area contributed by atoms with Gasteiger partial charge in [-0.25, -0.2) is 4.39 Å². The summed E-state index contributed by atoms with van der Waals surface area (Å²) in [6, 6.07) is -0.501. The van der Waals surface area contributed by atoms with E-state index in [-0.39, 0.29) is 23.4 Å². The number of rotatable bonds is 10. The van der Waals surface area contributed by atoms with Crippen LogP contribution in [0, 0.1) is 34.5 Å². The Morgan fingerprint density at radius 2 is 1.70 bits per heavy atom. The van der Waals surface area contributed by atoms with Crippen LogP contribution >= 0.6 is 0 Å². The van der Waals surface area contributed by atoms with Crippen molar-refractivity contribution in [3.05, 3.63) is 47.5 Å². The van der Waals surface area contributed by atoms with Crippen molar-refractivity contribution in [2.24, 2.45) is 29.1 Å². The highest BCUT2D eigenvalue weighted by Gasteiger charge is 2.42. The van der Waals surface area contributed by atoms with Crippen molar-refractivity contribution in [1.29, 1.82) is 5.41 Å². The van der Waals surface area contributed by atoms with Gasteiger partial charge in [0.1, 0.15) is 11.7 Å². The Balaban J connectivity index is 1.32. The number of amidine groups is 1. The van der Waals surface area contributed by atoms with Gasteiger partial charge in [0, 0.05) is 69.3 Å². The van der Waals surface area contributed by atoms with Gasteiger partial charge in [0.2, 0.25) is 5.91 Å². The average molecular weight is 640 g/mol. The Bertz CT molecular complexity index is 1270. The quantitative estimate of drug-likeness (QED) is 0.193. The van der Waals surface area contributed by atoms with Crippen LogP contribution in [0.5, 0.6) is 0 Å². The number of allylic oxidation sites excluding steroid dienone is 4. The van der Waals surface area contributed by atoms with Crippen molar-refractivity contribution in [3.63, 3.8) is 0 Å². The number of carbonyl (C=O) groups is 3. The molecule has 2 N–H and O–H groups in total. The molecule has 2 aliphatic carbocycles. The largest absolute Gasteiger partial charge is 0.466 e. The summed E-state index contributed by atoms with van der Waals surface area (Å²) in [5.41, 5.74) is 0.298. The van der Waals surface area contributed by atoms with Crippen molar-refractivity contribution in [2.45, 2.75) is 79.7 Å². The summed E-state index contributed by atoms with van der Waals surface area (Å²) < 4.78 is 20.9. The summed E-state index contributed by atoms with van der Waals surface area (Å²) in [5, 5.41) is 11.9. The second kappa shape index (κ2) is 15.4. The third-order valence-electron chi connectivity index (χ3n) is 10.3. The standard InChI is InChI=1S/C36H54FN5O4/c1-7-30(36(5,6)35(45)42-17-15-26(16-18-42)23-31(43)46-8-2)39-34(44)29-14-13-28(25(4)32(29)37)33(38)41-21-19-40(20-22-41)27-11-9-24(3)10-12-27/h9,11-14,24-26,28,30,38H,7-8,10,15-23H2,1-6H3,(H,39,44). The number of piperazine rings is 1. The van der Waals surface area contributed by atoms with Crippen molar-refractivity contribution >= 4 is 23.6 Å². The molecule has 2 heterocycles. The number of likely N-dealkylation sites (tertiary alicyclic amines) is 1. The molecule has 4 atom stereocenters. The van der Waals surface area contributed by atoms with Gasteiger partial charge in [0.25, 0.3) is 5.91 Å². The van der Waals surface area contributed by atoms with Crippen LogP contribution in [-0.4, -0.2) is 90.2 Å². The maximum Gasteiger partial charge on any atom is 0.306 e. The minimum absolute atomic E-state index is 0.0342. The van der Waals surface area contributed by atoms with Crippen molar-refractivity contribution < 1.29 is 23.5 Å². The number of hydrogen-bond donors (Lipinski definition) is 2. The fourth-order valence-corrected chi connectivity index (χ4v) is 7.11. The molecule has 4 unspecified atom stereocenters. The van der Waals surface area contributed by atoms with E-state index in [2.05, 4.69) is 35.4 Å². The third-order valence-corrected chi connectivity index (χ3v) is 10.3. The Hall–Kier alpha value is -3.43. The van der Waals surface area contributed by atoms with E-state index in [1.54, 1.807) is 19.9 Å². The Kier molecular flexibility index (Phi) is 11.9. The third kappa shape index (κ3) is 8.10. The van der Waals surface area contributed by atoms with Gasteiger partial charge in [-0.3, -0.25) is 19.8 Å². The van der Waals surface area contributed by atoms with E-state index in [1.807, 2.05) is 30.6 Å². The van der Waals surface area contributed by atoms with Crippen LogP contribution < -0.4 is 5.32 Å². The summed E-state index contributed by atoms with van der Waals surface area (Å²) in [4.78, 5) is 45.2. The molecular formula is C36H54FN5O4. The lowest BCUT2D eigenvalue weighted by Crippen LogP contribution is -2.55. The number of hydrogen-bond acceptors (Lipinski definition) is 6. The number of halogens is 1. The minimum Gasteiger partial charge on any atom is -0.466 e. The van der Waals surface area contributed by atoms with E-state index in [1.165, 1.54) is 11.8 Å². The van der Waals surface area contributed by atoms with Crippen LogP contribution in [0.15, 0.2) is 47.5 Å². The van der Waals surface area contributed by atoms with Crippen LogP contribution in [0.1, 0.15) is 73.6 Å². The fourth-order valence-electron chi connectivity index (χ4n) is 7.11. The molecule has 10 heteroatoms. The zero-order valence-corrected chi connectivity index (χ0v) is 28.6. The molecule has 254 valence electrons. The highest BCUT2D eigenvalue weighted by Crippen LogP contribution is 2.34. The lowest BCUT2D eigenvalue weighted by atomic mass is 9.79. The predicted molar refractivity (Wildman–Crippen MR) is 178 cm³/mol. The van der Waals surface area contributed by atoms with E-state index >= 15 is 4.39 Å². The maximum atomic E-state index is 15.8. The molecule has 0 saturated carbocycles. The maximum absolute atomic E-state index is 15.8. The van der Waals surface area contributed by atoms with Gasteiger partial charge >= 0.3 is 5.97 Å². The first kappa shape index (κ1) is 35.4. The molecule has 0 bridgehead atoms. The normalized spacial score (nSPS) is 24.9. The number of esters is 1. The molecular weight excluding hydrogens is 585 g/mol. The molecule has 2 fully saturated rings. The second-order valence-electron chi connectivity index (χ2n) is 13.9. The smallest absolute Gasteiger partial charge is 0.306 e. The number of nitrogens with zero attached hydrogens (tertiary/aromatic N) is 3. The van der Waals surface area contributed by atoms with Gasteiger partial charge in [-0.15, -0.1) is 0 Å².